The Morgan fingerprint density at radius 3 is 2.75 bits per heavy atom. The van der Waals surface area contributed by atoms with Gasteiger partial charge in [0.2, 0.25) is 11.7 Å². The minimum atomic E-state index is -0.493. The molecule has 0 unspecified atom stereocenters. The summed E-state index contributed by atoms with van der Waals surface area (Å²) in [6.07, 6.45) is 9.32. The molecule has 5 rings (SSSR count). The zero-order valence-corrected chi connectivity index (χ0v) is 18.4. The molecule has 0 bridgehead atoms. The van der Waals surface area contributed by atoms with Crippen molar-refractivity contribution in [3.8, 4) is 0 Å². The second-order valence-corrected chi connectivity index (χ2v) is 9.37. The van der Waals surface area contributed by atoms with Crippen molar-refractivity contribution >= 4 is 28.5 Å². The lowest BCUT2D eigenvalue weighted by molar-refractivity contribution is -0.119. The Kier molecular flexibility index (Phi) is 6.46. The molecule has 172 valence electrons. The molecule has 3 fully saturated rings. The lowest BCUT2D eigenvalue weighted by Crippen LogP contribution is -2.42. The van der Waals surface area contributed by atoms with Crippen LogP contribution in [0.1, 0.15) is 61.9 Å². The molecule has 0 radical (unpaired) electrons. The van der Waals surface area contributed by atoms with E-state index in [0.29, 0.717) is 23.1 Å². The average Bonchev–Trinajstić information content (AvgIpc) is 3.58. The van der Waals surface area contributed by atoms with Crippen molar-refractivity contribution in [3.05, 3.63) is 30.0 Å². The van der Waals surface area contributed by atoms with Crippen LogP contribution in [0.3, 0.4) is 0 Å². The number of furan rings is 1. The number of hydrogen-bond donors (Lipinski definition) is 2. The van der Waals surface area contributed by atoms with Crippen LogP contribution in [-0.2, 0) is 14.3 Å². The number of nitrogens with one attached hydrogen (secondary N) is 2. The van der Waals surface area contributed by atoms with Crippen molar-refractivity contribution in [2.45, 2.75) is 63.5 Å². The molecule has 1 saturated carbocycles. The van der Waals surface area contributed by atoms with Crippen molar-refractivity contribution < 1.29 is 23.5 Å². The standard InChI is InChI=1S/C25H32N2O5/c28-24(23-20(10-11-26-23)16-5-2-1-3-6-16)27-18-8-9-21-17(13-18)14-22(32-21)25(29)31-15-19-7-4-12-30-19/h8-9,13-14,16,19-20,23,26H,1-7,10-12,15H2,(H,27,28)/t19-,20-,23-/m0/s1. The quantitative estimate of drug-likeness (QED) is 0.652. The van der Waals surface area contributed by atoms with E-state index >= 15 is 0 Å². The highest BCUT2D eigenvalue weighted by Crippen LogP contribution is 2.36. The largest absolute Gasteiger partial charge is 0.457 e. The molecule has 2 aliphatic heterocycles. The molecule has 1 aromatic carbocycles. The Morgan fingerprint density at radius 1 is 1.06 bits per heavy atom. The van der Waals surface area contributed by atoms with E-state index in [1.54, 1.807) is 12.1 Å². The van der Waals surface area contributed by atoms with Crippen molar-refractivity contribution in [2.24, 2.45) is 11.8 Å². The Balaban J connectivity index is 1.22. The minimum absolute atomic E-state index is 0.0215. The van der Waals surface area contributed by atoms with Crippen molar-refractivity contribution in [2.75, 3.05) is 25.1 Å². The summed E-state index contributed by atoms with van der Waals surface area (Å²) in [5.74, 6) is 0.758. The Bertz CT molecular complexity index is 958. The lowest BCUT2D eigenvalue weighted by atomic mass is 9.76. The third kappa shape index (κ3) is 4.69. The van der Waals surface area contributed by atoms with Gasteiger partial charge in [0.05, 0.1) is 12.1 Å². The van der Waals surface area contributed by atoms with Gasteiger partial charge in [0.25, 0.3) is 0 Å². The summed E-state index contributed by atoms with van der Waals surface area (Å²) in [7, 11) is 0. The SMILES string of the molecule is O=C(OC[C@@H]1CCCO1)c1cc2cc(NC(=O)[C@H]3NCC[C@H]3C3CCCCC3)ccc2o1. The maximum absolute atomic E-state index is 13.0. The summed E-state index contributed by atoms with van der Waals surface area (Å²) in [6, 6.07) is 6.97. The van der Waals surface area contributed by atoms with E-state index < -0.39 is 5.97 Å². The number of esters is 1. The highest BCUT2D eigenvalue weighted by molar-refractivity contribution is 5.98. The number of amides is 1. The summed E-state index contributed by atoms with van der Waals surface area (Å²) < 4.78 is 16.5. The molecule has 1 aromatic heterocycles. The van der Waals surface area contributed by atoms with Crippen LogP contribution in [0.2, 0.25) is 0 Å². The number of carbonyl (C=O) groups excluding carboxylic acids is 2. The zero-order chi connectivity index (χ0) is 21.9. The number of rotatable bonds is 6. The molecule has 2 saturated heterocycles. The first kappa shape index (κ1) is 21.5. The van der Waals surface area contributed by atoms with Gasteiger partial charge < -0.3 is 24.5 Å². The molecule has 2 N–H and O–H groups in total. The van der Waals surface area contributed by atoms with Gasteiger partial charge in [0.1, 0.15) is 12.2 Å². The molecule has 7 nitrogen and oxygen atoms in total. The van der Waals surface area contributed by atoms with E-state index in [1.807, 2.05) is 12.1 Å². The predicted octanol–water partition coefficient (Wildman–Crippen LogP) is 4.27. The van der Waals surface area contributed by atoms with E-state index in [2.05, 4.69) is 10.6 Å². The van der Waals surface area contributed by atoms with Crippen LogP contribution in [-0.4, -0.2) is 43.8 Å². The van der Waals surface area contributed by atoms with E-state index in [0.717, 1.165) is 37.8 Å². The van der Waals surface area contributed by atoms with Crippen LogP contribution in [0.4, 0.5) is 5.69 Å². The number of benzene rings is 1. The molecule has 1 amide bonds. The zero-order valence-electron chi connectivity index (χ0n) is 18.4. The van der Waals surface area contributed by atoms with Crippen LogP contribution < -0.4 is 10.6 Å². The fourth-order valence-corrected chi connectivity index (χ4v) is 5.54. The highest BCUT2D eigenvalue weighted by atomic mass is 16.6. The number of carbonyl (C=O) groups is 2. The van der Waals surface area contributed by atoms with E-state index in [4.69, 9.17) is 13.9 Å². The smallest absolute Gasteiger partial charge is 0.374 e. The van der Waals surface area contributed by atoms with Crippen LogP contribution in [0, 0.1) is 11.8 Å². The normalized spacial score (nSPS) is 26.4. The van der Waals surface area contributed by atoms with E-state index in [-0.39, 0.29) is 30.4 Å². The van der Waals surface area contributed by atoms with Gasteiger partial charge in [-0.15, -0.1) is 0 Å². The van der Waals surface area contributed by atoms with Gasteiger partial charge >= 0.3 is 5.97 Å². The average molecular weight is 441 g/mol. The first-order valence-corrected chi connectivity index (χ1v) is 12.0. The monoisotopic (exact) mass is 440 g/mol. The third-order valence-corrected chi connectivity index (χ3v) is 7.22. The predicted molar refractivity (Wildman–Crippen MR) is 121 cm³/mol. The second kappa shape index (κ2) is 9.63. The molecule has 1 aliphatic carbocycles. The lowest BCUT2D eigenvalue weighted by Gasteiger charge is -2.30. The summed E-state index contributed by atoms with van der Waals surface area (Å²) in [5.41, 5.74) is 1.30. The van der Waals surface area contributed by atoms with Gasteiger partial charge in [0.15, 0.2) is 0 Å². The fraction of sp³-hybridized carbons (Fsp3) is 0.600. The Hall–Kier alpha value is -2.38. The van der Waals surface area contributed by atoms with Gasteiger partial charge in [-0.05, 0) is 61.9 Å². The Labute approximate surface area is 188 Å². The molecule has 32 heavy (non-hydrogen) atoms. The van der Waals surface area contributed by atoms with E-state index in [9.17, 15) is 9.59 Å². The van der Waals surface area contributed by atoms with Crippen molar-refractivity contribution in [1.82, 2.24) is 5.32 Å². The van der Waals surface area contributed by atoms with Crippen LogP contribution in [0.5, 0.6) is 0 Å². The third-order valence-electron chi connectivity index (χ3n) is 7.22. The number of hydrogen-bond acceptors (Lipinski definition) is 6. The first-order valence-electron chi connectivity index (χ1n) is 12.0. The van der Waals surface area contributed by atoms with Gasteiger partial charge in [-0.2, -0.15) is 0 Å². The number of ether oxygens (including phenoxy) is 2. The van der Waals surface area contributed by atoms with Gasteiger partial charge in [0, 0.05) is 17.7 Å². The van der Waals surface area contributed by atoms with Gasteiger partial charge in [-0.3, -0.25) is 4.79 Å². The van der Waals surface area contributed by atoms with Crippen LogP contribution in [0.15, 0.2) is 28.7 Å². The summed E-state index contributed by atoms with van der Waals surface area (Å²) in [5, 5.41) is 7.24. The fourth-order valence-electron chi connectivity index (χ4n) is 5.54. The molecule has 3 heterocycles. The maximum atomic E-state index is 13.0. The summed E-state index contributed by atoms with van der Waals surface area (Å²) in [4.78, 5) is 25.4. The number of anilines is 1. The van der Waals surface area contributed by atoms with Crippen molar-refractivity contribution in [3.63, 3.8) is 0 Å². The molecule has 7 heteroatoms. The summed E-state index contributed by atoms with van der Waals surface area (Å²) >= 11 is 0. The molecular formula is C25H32N2O5. The highest BCUT2D eigenvalue weighted by Gasteiger charge is 2.38. The first-order chi connectivity index (χ1) is 15.7. The van der Waals surface area contributed by atoms with Crippen LogP contribution in [0.25, 0.3) is 11.0 Å². The molecule has 3 atom stereocenters. The second-order valence-electron chi connectivity index (χ2n) is 9.37. The molecule has 3 aliphatic rings. The van der Waals surface area contributed by atoms with E-state index in [1.165, 1.54) is 32.1 Å². The topological polar surface area (TPSA) is 89.8 Å². The van der Waals surface area contributed by atoms with Gasteiger partial charge in [-0.25, -0.2) is 4.79 Å². The molecular weight excluding hydrogens is 408 g/mol. The maximum Gasteiger partial charge on any atom is 0.374 e. The minimum Gasteiger partial charge on any atom is -0.457 e. The molecule has 0 spiro atoms. The van der Waals surface area contributed by atoms with Crippen molar-refractivity contribution in [1.29, 1.82) is 0 Å². The summed E-state index contributed by atoms with van der Waals surface area (Å²) in [6.45, 7) is 1.87. The molecule has 2 aromatic rings. The Morgan fingerprint density at radius 2 is 1.94 bits per heavy atom. The number of fused-ring (bicyclic) bond motifs is 1. The van der Waals surface area contributed by atoms with Gasteiger partial charge in [-0.1, -0.05) is 32.1 Å². The van der Waals surface area contributed by atoms with Crippen LogP contribution >= 0.6 is 0 Å².